The number of fused-ring (bicyclic) bond motifs is 1. The zero-order valence-electron chi connectivity index (χ0n) is 25.9. The Kier molecular flexibility index (Phi) is 9.56. The summed E-state index contributed by atoms with van der Waals surface area (Å²) in [7, 11) is 1.53. The second-order valence-corrected chi connectivity index (χ2v) is 12.2. The SMILES string of the molecule is COc1cc(C=c2sc3n(c2=O)C(c2ccccc2)C(C(=O)Oc2ccccc2)=C(C)N=3)cc(Cl)c1OCCOc1ccc(C)cc1. The fourth-order valence-corrected chi connectivity index (χ4v) is 6.56. The number of para-hydroxylation sites is 1. The maximum Gasteiger partial charge on any atom is 0.343 e. The lowest BCUT2D eigenvalue weighted by atomic mass is 9.96. The van der Waals surface area contributed by atoms with E-state index in [9.17, 15) is 9.59 Å². The van der Waals surface area contributed by atoms with E-state index in [4.69, 9.17) is 30.5 Å². The van der Waals surface area contributed by atoms with Crippen molar-refractivity contribution in [1.29, 1.82) is 0 Å². The first kappa shape index (κ1) is 31.8. The highest BCUT2D eigenvalue weighted by molar-refractivity contribution is 7.07. The molecule has 1 unspecified atom stereocenters. The topological polar surface area (TPSA) is 88.4 Å². The van der Waals surface area contributed by atoms with E-state index in [1.54, 1.807) is 54.0 Å². The fourth-order valence-electron chi connectivity index (χ4n) is 5.24. The number of carbonyl (C=O) groups is 1. The standard InChI is InChI=1S/C37H31ClN2O6S/c1-23-14-16-27(17-15-23)44-18-19-45-34-29(38)20-25(21-30(34)43-3)22-31-35(41)40-33(26-10-6-4-7-11-26)32(24(2)39-37(40)47-31)36(42)46-28-12-8-5-9-13-28/h4-17,20-22,33H,18-19H2,1-3H3. The van der Waals surface area contributed by atoms with Crippen molar-refractivity contribution in [2.75, 3.05) is 20.3 Å². The lowest BCUT2D eigenvalue weighted by Gasteiger charge is -2.24. The predicted octanol–water partition coefficient (Wildman–Crippen LogP) is 6.27. The third kappa shape index (κ3) is 7.01. The van der Waals surface area contributed by atoms with Crippen LogP contribution in [0.1, 0.15) is 29.7 Å². The van der Waals surface area contributed by atoms with Gasteiger partial charge in [0, 0.05) is 0 Å². The molecular weight excluding hydrogens is 636 g/mol. The molecule has 47 heavy (non-hydrogen) atoms. The van der Waals surface area contributed by atoms with Gasteiger partial charge in [-0.25, -0.2) is 9.79 Å². The number of rotatable bonds is 10. The smallest absolute Gasteiger partial charge is 0.343 e. The molecule has 4 aromatic carbocycles. The highest BCUT2D eigenvalue weighted by atomic mass is 35.5. The van der Waals surface area contributed by atoms with Crippen LogP contribution in [0.15, 0.2) is 118 Å². The van der Waals surface area contributed by atoms with Gasteiger partial charge >= 0.3 is 5.97 Å². The number of allylic oxidation sites excluding steroid dienone is 1. The van der Waals surface area contributed by atoms with Gasteiger partial charge in [-0.05, 0) is 67.4 Å². The molecule has 2 heterocycles. The minimum absolute atomic E-state index is 0.246. The highest BCUT2D eigenvalue weighted by Crippen LogP contribution is 2.37. The van der Waals surface area contributed by atoms with Crippen LogP contribution in [-0.4, -0.2) is 30.9 Å². The summed E-state index contributed by atoms with van der Waals surface area (Å²) >= 11 is 7.88. The van der Waals surface area contributed by atoms with Crippen LogP contribution in [0, 0.1) is 6.92 Å². The average molecular weight is 667 g/mol. The minimum Gasteiger partial charge on any atom is -0.493 e. The van der Waals surface area contributed by atoms with Crippen molar-refractivity contribution in [3.05, 3.63) is 150 Å². The molecule has 0 radical (unpaired) electrons. The molecule has 1 aliphatic heterocycles. The van der Waals surface area contributed by atoms with E-state index in [2.05, 4.69) is 4.99 Å². The number of aromatic nitrogens is 1. The van der Waals surface area contributed by atoms with Crippen LogP contribution in [0.25, 0.3) is 6.08 Å². The second kappa shape index (κ2) is 14.1. The Hall–Kier alpha value is -5.12. The molecule has 1 aliphatic rings. The molecular formula is C37H31ClN2O6S. The Balaban J connectivity index is 1.31. The Morgan fingerprint density at radius 1 is 0.915 bits per heavy atom. The normalized spacial score (nSPS) is 14.3. The van der Waals surface area contributed by atoms with Crippen molar-refractivity contribution in [2.45, 2.75) is 19.9 Å². The lowest BCUT2D eigenvalue weighted by molar-refractivity contribution is -0.130. The summed E-state index contributed by atoms with van der Waals surface area (Å²) in [6.07, 6.45) is 1.73. The molecule has 0 fully saturated rings. The van der Waals surface area contributed by atoms with E-state index in [1.165, 1.54) is 18.4 Å². The van der Waals surface area contributed by atoms with Gasteiger partial charge in [-0.2, -0.15) is 0 Å². The van der Waals surface area contributed by atoms with Crippen LogP contribution in [0.4, 0.5) is 0 Å². The third-order valence-corrected chi connectivity index (χ3v) is 8.74. The lowest BCUT2D eigenvalue weighted by Crippen LogP contribution is -2.40. The summed E-state index contributed by atoms with van der Waals surface area (Å²) in [5.74, 6) is 1.37. The van der Waals surface area contributed by atoms with Crippen molar-refractivity contribution in [3.8, 4) is 23.0 Å². The molecule has 0 saturated carbocycles. The van der Waals surface area contributed by atoms with E-state index in [-0.39, 0.29) is 17.7 Å². The number of thiazole rings is 1. The molecule has 238 valence electrons. The molecule has 5 aromatic rings. The molecule has 0 aliphatic carbocycles. The first-order chi connectivity index (χ1) is 22.8. The summed E-state index contributed by atoms with van der Waals surface area (Å²) in [4.78, 5) is 32.8. The van der Waals surface area contributed by atoms with Crippen LogP contribution in [-0.2, 0) is 4.79 Å². The van der Waals surface area contributed by atoms with Crippen molar-refractivity contribution in [2.24, 2.45) is 4.99 Å². The monoisotopic (exact) mass is 666 g/mol. The van der Waals surface area contributed by atoms with Crippen LogP contribution < -0.4 is 33.8 Å². The van der Waals surface area contributed by atoms with Crippen molar-refractivity contribution >= 4 is 35.0 Å². The van der Waals surface area contributed by atoms with Gasteiger partial charge in [0.25, 0.3) is 5.56 Å². The number of esters is 1. The zero-order chi connectivity index (χ0) is 32.9. The Morgan fingerprint density at radius 2 is 1.60 bits per heavy atom. The largest absolute Gasteiger partial charge is 0.493 e. The van der Waals surface area contributed by atoms with Crippen LogP contribution in [0.3, 0.4) is 0 Å². The number of hydrogen-bond donors (Lipinski definition) is 0. The maximum atomic E-state index is 14.1. The van der Waals surface area contributed by atoms with Gasteiger partial charge in [-0.3, -0.25) is 9.36 Å². The number of hydrogen-bond acceptors (Lipinski definition) is 8. The number of ether oxygens (including phenoxy) is 4. The summed E-state index contributed by atoms with van der Waals surface area (Å²) in [6.45, 7) is 4.33. The summed E-state index contributed by atoms with van der Waals surface area (Å²) in [6, 6.07) is 28.7. The molecule has 0 spiro atoms. The van der Waals surface area contributed by atoms with Crippen LogP contribution >= 0.6 is 22.9 Å². The molecule has 0 saturated heterocycles. The third-order valence-electron chi connectivity index (χ3n) is 7.48. The number of nitrogens with zero attached hydrogens (tertiary/aromatic N) is 2. The molecule has 1 aromatic heterocycles. The molecule has 8 nitrogen and oxygen atoms in total. The van der Waals surface area contributed by atoms with Gasteiger partial charge < -0.3 is 18.9 Å². The zero-order valence-corrected chi connectivity index (χ0v) is 27.5. The number of methoxy groups -OCH3 is 1. The molecule has 6 rings (SSSR count). The van der Waals surface area contributed by atoms with Crippen LogP contribution in [0.5, 0.6) is 23.0 Å². The highest BCUT2D eigenvalue weighted by Gasteiger charge is 2.33. The van der Waals surface area contributed by atoms with Crippen molar-refractivity contribution < 1.29 is 23.7 Å². The number of aryl methyl sites for hydroxylation is 1. The number of benzene rings is 4. The van der Waals surface area contributed by atoms with E-state index in [1.807, 2.05) is 67.6 Å². The predicted molar refractivity (Wildman–Crippen MR) is 182 cm³/mol. The van der Waals surface area contributed by atoms with Gasteiger partial charge in [0.05, 0.1) is 34.0 Å². The minimum atomic E-state index is -0.734. The van der Waals surface area contributed by atoms with Gasteiger partial charge in [-0.1, -0.05) is 89.2 Å². The average Bonchev–Trinajstić information content (AvgIpc) is 3.38. The van der Waals surface area contributed by atoms with Crippen molar-refractivity contribution in [1.82, 2.24) is 4.57 Å². The first-order valence-electron chi connectivity index (χ1n) is 14.9. The summed E-state index contributed by atoms with van der Waals surface area (Å²) in [5.41, 5.74) is 3.01. The molecule has 10 heteroatoms. The molecule has 0 amide bonds. The van der Waals surface area contributed by atoms with Gasteiger partial charge in [0.2, 0.25) is 0 Å². The maximum absolute atomic E-state index is 14.1. The quantitative estimate of drug-likeness (QED) is 0.0992. The fraction of sp³-hybridized carbons (Fsp3) is 0.162. The summed E-state index contributed by atoms with van der Waals surface area (Å²) < 4.78 is 25.0. The second-order valence-electron chi connectivity index (χ2n) is 10.7. The summed E-state index contributed by atoms with van der Waals surface area (Å²) in [5, 5.41) is 0.322. The van der Waals surface area contributed by atoms with Gasteiger partial charge in [-0.15, -0.1) is 0 Å². The molecule has 1 atom stereocenters. The van der Waals surface area contributed by atoms with E-state index in [0.29, 0.717) is 49.5 Å². The van der Waals surface area contributed by atoms with E-state index >= 15 is 0 Å². The van der Waals surface area contributed by atoms with Crippen LogP contribution in [0.2, 0.25) is 5.02 Å². The molecule has 0 N–H and O–H groups in total. The Bertz CT molecular complexity index is 2120. The first-order valence-corrected chi connectivity index (χ1v) is 16.1. The van der Waals surface area contributed by atoms with E-state index in [0.717, 1.165) is 16.9 Å². The van der Waals surface area contributed by atoms with Crippen molar-refractivity contribution in [3.63, 3.8) is 0 Å². The number of halogens is 1. The van der Waals surface area contributed by atoms with Gasteiger partial charge in [0.1, 0.15) is 24.7 Å². The van der Waals surface area contributed by atoms with Gasteiger partial charge in [0.15, 0.2) is 16.3 Å². The number of carbonyl (C=O) groups excluding carboxylic acids is 1. The Labute approximate surface area is 280 Å². The Morgan fingerprint density at radius 3 is 2.30 bits per heavy atom. The molecule has 0 bridgehead atoms. The van der Waals surface area contributed by atoms with E-state index < -0.39 is 12.0 Å².